The molecule has 1 saturated carbocycles. The van der Waals surface area contributed by atoms with Crippen molar-refractivity contribution in [3.63, 3.8) is 0 Å². The van der Waals surface area contributed by atoms with Crippen molar-refractivity contribution in [2.45, 2.75) is 64.6 Å². The molecule has 6 heteroatoms. The molecular weight excluding hydrogens is 338 g/mol. The van der Waals surface area contributed by atoms with E-state index in [9.17, 15) is 9.59 Å². The molecule has 0 bridgehead atoms. The van der Waals surface area contributed by atoms with Gasteiger partial charge in [-0.15, -0.1) is 0 Å². The lowest BCUT2D eigenvalue weighted by molar-refractivity contribution is -0.144. The second kappa shape index (κ2) is 8.41. The average Bonchev–Trinajstić information content (AvgIpc) is 2.84. The van der Waals surface area contributed by atoms with Gasteiger partial charge in [-0.25, -0.2) is 9.59 Å². The minimum Gasteiger partial charge on any atom is -0.458 e. The summed E-state index contributed by atoms with van der Waals surface area (Å²) in [6.07, 6.45) is 5.53. The SMILES string of the molecule is CC(C)(C)OC(=O)N/C(=C/CCBr)C(=O)OC1CCCC1. The number of alkyl carbamates (subject to hydrolysis) is 1. The van der Waals surface area contributed by atoms with Gasteiger partial charge in [0.15, 0.2) is 0 Å². The predicted molar refractivity (Wildman–Crippen MR) is 84.2 cm³/mol. The molecule has 5 nitrogen and oxygen atoms in total. The average molecular weight is 362 g/mol. The molecule has 0 atom stereocenters. The highest BCUT2D eigenvalue weighted by Crippen LogP contribution is 2.21. The van der Waals surface area contributed by atoms with Crippen LogP contribution in [0, 0.1) is 0 Å². The summed E-state index contributed by atoms with van der Waals surface area (Å²) in [5.74, 6) is -0.492. The summed E-state index contributed by atoms with van der Waals surface area (Å²) in [5.41, 5.74) is -0.462. The topological polar surface area (TPSA) is 64.6 Å². The smallest absolute Gasteiger partial charge is 0.412 e. The van der Waals surface area contributed by atoms with Crippen LogP contribution in [0.4, 0.5) is 4.79 Å². The maximum Gasteiger partial charge on any atom is 0.412 e. The van der Waals surface area contributed by atoms with Gasteiger partial charge in [0.25, 0.3) is 0 Å². The Kier molecular flexibility index (Phi) is 7.22. The molecule has 120 valence electrons. The number of esters is 1. The Balaban J connectivity index is 2.62. The standard InChI is InChI=1S/C15H24BrNO4/c1-15(2,3)21-14(19)17-12(9-6-10-16)13(18)20-11-7-4-5-8-11/h9,11H,4-8,10H2,1-3H3,(H,17,19)/b12-9+. The highest BCUT2D eigenvalue weighted by Gasteiger charge is 2.24. The Morgan fingerprint density at radius 2 is 1.90 bits per heavy atom. The normalized spacial score (nSPS) is 16.7. The third-order valence-corrected chi connectivity index (χ3v) is 3.35. The molecule has 1 N–H and O–H groups in total. The van der Waals surface area contributed by atoms with Crippen LogP contribution < -0.4 is 5.32 Å². The van der Waals surface area contributed by atoms with Gasteiger partial charge in [-0.1, -0.05) is 22.0 Å². The number of carbonyl (C=O) groups excluding carboxylic acids is 2. The van der Waals surface area contributed by atoms with Crippen LogP contribution in [0.2, 0.25) is 0 Å². The summed E-state index contributed by atoms with van der Waals surface area (Å²) in [7, 11) is 0. The molecule has 0 aliphatic heterocycles. The van der Waals surface area contributed by atoms with Crippen molar-refractivity contribution in [1.29, 1.82) is 0 Å². The van der Waals surface area contributed by atoms with Gasteiger partial charge >= 0.3 is 12.1 Å². The lowest BCUT2D eigenvalue weighted by Crippen LogP contribution is -2.35. The zero-order chi connectivity index (χ0) is 15.9. The Morgan fingerprint density at radius 1 is 1.29 bits per heavy atom. The molecule has 21 heavy (non-hydrogen) atoms. The van der Waals surface area contributed by atoms with Crippen molar-refractivity contribution in [3.05, 3.63) is 11.8 Å². The van der Waals surface area contributed by atoms with Crippen LogP contribution in [-0.2, 0) is 14.3 Å². The second-order valence-corrected chi connectivity index (χ2v) is 6.83. The lowest BCUT2D eigenvalue weighted by atomic mass is 10.2. The first kappa shape index (κ1) is 18.0. The Labute approximate surface area is 134 Å². The van der Waals surface area contributed by atoms with Gasteiger partial charge in [0.2, 0.25) is 0 Å². The maximum absolute atomic E-state index is 12.1. The van der Waals surface area contributed by atoms with Gasteiger partial charge in [-0.3, -0.25) is 5.32 Å². The molecule has 1 aliphatic carbocycles. The van der Waals surface area contributed by atoms with Crippen LogP contribution in [0.15, 0.2) is 11.8 Å². The Morgan fingerprint density at radius 3 is 2.43 bits per heavy atom. The Bertz CT molecular complexity index is 395. The van der Waals surface area contributed by atoms with Crippen LogP contribution >= 0.6 is 15.9 Å². The fourth-order valence-corrected chi connectivity index (χ4v) is 2.25. The molecule has 0 spiro atoms. The zero-order valence-corrected chi connectivity index (χ0v) is 14.5. The highest BCUT2D eigenvalue weighted by molar-refractivity contribution is 9.09. The molecule has 0 aromatic heterocycles. The first-order valence-corrected chi connectivity index (χ1v) is 8.41. The number of ether oxygens (including phenoxy) is 2. The molecule has 1 rings (SSSR count). The van der Waals surface area contributed by atoms with Gasteiger partial charge in [0, 0.05) is 5.33 Å². The van der Waals surface area contributed by atoms with Crippen molar-refractivity contribution in [2.75, 3.05) is 5.33 Å². The molecule has 0 radical (unpaired) electrons. The number of nitrogens with one attached hydrogen (secondary N) is 1. The molecule has 0 aromatic rings. The number of allylic oxidation sites excluding steroid dienone is 1. The zero-order valence-electron chi connectivity index (χ0n) is 12.9. The van der Waals surface area contributed by atoms with Crippen molar-refractivity contribution in [2.24, 2.45) is 0 Å². The van der Waals surface area contributed by atoms with Crippen molar-refractivity contribution < 1.29 is 19.1 Å². The van der Waals surface area contributed by atoms with Crippen molar-refractivity contribution >= 4 is 28.0 Å². The van der Waals surface area contributed by atoms with Crippen LogP contribution in [0.3, 0.4) is 0 Å². The van der Waals surface area contributed by atoms with E-state index in [-0.39, 0.29) is 11.8 Å². The molecular formula is C15H24BrNO4. The number of rotatable bonds is 5. The summed E-state index contributed by atoms with van der Waals surface area (Å²) in [5, 5.41) is 3.18. The summed E-state index contributed by atoms with van der Waals surface area (Å²) in [6, 6.07) is 0. The van der Waals surface area contributed by atoms with Crippen LogP contribution in [-0.4, -0.2) is 29.1 Å². The second-order valence-electron chi connectivity index (χ2n) is 6.03. The Hall–Kier alpha value is -1.04. The van der Waals surface area contributed by atoms with Gasteiger partial charge in [-0.2, -0.15) is 0 Å². The van der Waals surface area contributed by atoms with Crippen LogP contribution in [0.5, 0.6) is 0 Å². The molecule has 1 amide bonds. The number of hydrogen-bond acceptors (Lipinski definition) is 4. The van der Waals surface area contributed by atoms with Gasteiger partial charge in [0.1, 0.15) is 17.4 Å². The summed E-state index contributed by atoms with van der Waals surface area (Å²) in [4.78, 5) is 23.9. The molecule has 0 heterocycles. The molecule has 0 unspecified atom stereocenters. The van der Waals surface area contributed by atoms with Gasteiger partial charge < -0.3 is 9.47 Å². The van der Waals surface area contributed by atoms with E-state index >= 15 is 0 Å². The van der Waals surface area contributed by atoms with E-state index in [1.165, 1.54) is 0 Å². The summed E-state index contributed by atoms with van der Waals surface area (Å²) >= 11 is 3.29. The third kappa shape index (κ3) is 7.50. The van der Waals surface area contributed by atoms with E-state index in [2.05, 4.69) is 21.2 Å². The van der Waals surface area contributed by atoms with Crippen molar-refractivity contribution in [3.8, 4) is 0 Å². The minimum atomic E-state index is -0.647. The quantitative estimate of drug-likeness (QED) is 0.461. The molecule has 0 saturated heterocycles. The number of amides is 1. The molecule has 1 fully saturated rings. The van der Waals surface area contributed by atoms with E-state index in [4.69, 9.17) is 9.47 Å². The summed E-state index contributed by atoms with van der Waals surface area (Å²) in [6.45, 7) is 5.31. The number of alkyl halides is 1. The number of halogens is 1. The monoisotopic (exact) mass is 361 g/mol. The molecule has 1 aliphatic rings. The fraction of sp³-hybridized carbons (Fsp3) is 0.733. The molecule has 0 aromatic carbocycles. The number of carbonyl (C=O) groups is 2. The van der Waals surface area contributed by atoms with E-state index < -0.39 is 17.7 Å². The maximum atomic E-state index is 12.1. The predicted octanol–water partition coefficient (Wildman–Crippen LogP) is 3.67. The van der Waals surface area contributed by atoms with E-state index in [0.29, 0.717) is 11.8 Å². The van der Waals surface area contributed by atoms with Crippen molar-refractivity contribution in [1.82, 2.24) is 5.32 Å². The van der Waals surface area contributed by atoms with Crippen LogP contribution in [0.1, 0.15) is 52.9 Å². The minimum absolute atomic E-state index is 0.0368. The van der Waals surface area contributed by atoms with E-state index in [1.807, 2.05) is 0 Å². The van der Waals surface area contributed by atoms with E-state index in [0.717, 1.165) is 25.7 Å². The lowest BCUT2D eigenvalue weighted by Gasteiger charge is -2.20. The fourth-order valence-electron chi connectivity index (χ4n) is 2.02. The first-order chi connectivity index (χ1) is 9.81. The number of hydrogen-bond donors (Lipinski definition) is 1. The highest BCUT2D eigenvalue weighted by atomic mass is 79.9. The van der Waals surface area contributed by atoms with Gasteiger partial charge in [-0.05, 0) is 52.9 Å². The largest absolute Gasteiger partial charge is 0.458 e. The summed E-state index contributed by atoms with van der Waals surface area (Å²) < 4.78 is 10.6. The van der Waals surface area contributed by atoms with Crippen LogP contribution in [0.25, 0.3) is 0 Å². The van der Waals surface area contributed by atoms with E-state index in [1.54, 1.807) is 26.8 Å². The third-order valence-electron chi connectivity index (χ3n) is 2.89. The van der Waals surface area contributed by atoms with Gasteiger partial charge in [0.05, 0.1) is 0 Å². The first-order valence-electron chi connectivity index (χ1n) is 7.29.